The molecule has 0 aliphatic carbocycles. The van der Waals surface area contributed by atoms with Crippen LogP contribution in [0.3, 0.4) is 0 Å². The topological polar surface area (TPSA) is 40.5 Å². The van der Waals surface area contributed by atoms with E-state index in [0.29, 0.717) is 0 Å². The second-order valence-corrected chi connectivity index (χ2v) is 5.65. The molecule has 0 spiro atoms. The van der Waals surface area contributed by atoms with E-state index in [0.717, 1.165) is 27.8 Å². The zero-order valence-corrected chi connectivity index (χ0v) is 11.1. The molecule has 5 heteroatoms. The molecular weight excluding hydrogens is 325 g/mol. The highest BCUT2D eigenvalue weighted by Gasteiger charge is 2.30. The number of amides is 1. The molecule has 2 rings (SSSR count). The monoisotopic (exact) mass is 337 g/mol. The molecule has 1 aliphatic heterocycles. The number of nitrogens with zero attached hydrogens (tertiary/aromatic N) is 1. The SMILES string of the molecule is O=C(c1sccc1I)N1CCCC1CO. The number of halogens is 1. The molecular formula is C10H12INO2S. The first kappa shape index (κ1) is 11.3. The fraction of sp³-hybridized carbons (Fsp3) is 0.500. The van der Waals surface area contributed by atoms with Gasteiger partial charge in [-0.2, -0.15) is 0 Å². The summed E-state index contributed by atoms with van der Waals surface area (Å²) >= 11 is 3.65. The first-order valence-corrected chi connectivity index (χ1v) is 6.84. The summed E-state index contributed by atoms with van der Waals surface area (Å²) in [7, 11) is 0. The Labute approximate surface area is 106 Å². The zero-order valence-electron chi connectivity index (χ0n) is 8.15. The lowest BCUT2D eigenvalue weighted by atomic mass is 10.2. The molecule has 1 saturated heterocycles. The fourth-order valence-electron chi connectivity index (χ4n) is 1.87. The molecule has 1 atom stereocenters. The summed E-state index contributed by atoms with van der Waals surface area (Å²) in [6, 6.07) is 1.97. The van der Waals surface area contributed by atoms with Gasteiger partial charge in [0.25, 0.3) is 5.91 Å². The largest absolute Gasteiger partial charge is 0.394 e. The zero-order chi connectivity index (χ0) is 10.8. The van der Waals surface area contributed by atoms with Crippen LogP contribution in [0.15, 0.2) is 11.4 Å². The van der Waals surface area contributed by atoms with Crippen LogP contribution in [0.25, 0.3) is 0 Å². The highest BCUT2D eigenvalue weighted by molar-refractivity contribution is 14.1. The summed E-state index contributed by atoms with van der Waals surface area (Å²) in [6.45, 7) is 0.853. The fourth-order valence-corrected chi connectivity index (χ4v) is 3.64. The number of likely N-dealkylation sites (tertiary alicyclic amines) is 1. The van der Waals surface area contributed by atoms with Crippen molar-refractivity contribution >= 4 is 39.8 Å². The van der Waals surface area contributed by atoms with E-state index in [4.69, 9.17) is 5.11 Å². The van der Waals surface area contributed by atoms with Gasteiger partial charge in [0.2, 0.25) is 0 Å². The van der Waals surface area contributed by atoms with Crippen molar-refractivity contribution < 1.29 is 9.90 Å². The summed E-state index contributed by atoms with van der Waals surface area (Å²) in [5, 5.41) is 11.1. The van der Waals surface area contributed by atoms with E-state index >= 15 is 0 Å². The van der Waals surface area contributed by atoms with Crippen molar-refractivity contribution in [1.82, 2.24) is 4.90 Å². The van der Waals surface area contributed by atoms with Crippen molar-refractivity contribution in [3.8, 4) is 0 Å². The molecule has 1 aliphatic rings. The molecule has 82 valence electrons. The molecule has 3 nitrogen and oxygen atoms in total. The van der Waals surface area contributed by atoms with Gasteiger partial charge < -0.3 is 10.0 Å². The molecule has 15 heavy (non-hydrogen) atoms. The van der Waals surface area contributed by atoms with Crippen LogP contribution in [-0.4, -0.2) is 35.1 Å². The molecule has 1 N–H and O–H groups in total. The van der Waals surface area contributed by atoms with Crippen molar-refractivity contribution in [2.24, 2.45) is 0 Å². The standard InChI is InChI=1S/C10H12INO2S/c11-8-3-5-15-9(8)10(14)12-4-1-2-7(12)6-13/h3,5,7,13H,1-2,4,6H2. The van der Waals surface area contributed by atoms with Crippen LogP contribution in [0, 0.1) is 3.57 Å². The lowest BCUT2D eigenvalue weighted by Gasteiger charge is -2.22. The third kappa shape index (κ3) is 2.19. The first-order valence-electron chi connectivity index (χ1n) is 4.89. The minimum absolute atomic E-state index is 0.0235. The highest BCUT2D eigenvalue weighted by atomic mass is 127. The van der Waals surface area contributed by atoms with Crippen LogP contribution in [0.4, 0.5) is 0 Å². The van der Waals surface area contributed by atoms with Gasteiger partial charge in [-0.25, -0.2) is 0 Å². The number of aliphatic hydroxyl groups is 1. The smallest absolute Gasteiger partial charge is 0.265 e. The third-order valence-corrected chi connectivity index (χ3v) is 4.83. The number of hydrogen-bond acceptors (Lipinski definition) is 3. The minimum atomic E-state index is 0.0235. The van der Waals surface area contributed by atoms with Gasteiger partial charge in [-0.3, -0.25) is 4.79 Å². The van der Waals surface area contributed by atoms with Crippen molar-refractivity contribution in [1.29, 1.82) is 0 Å². The average Bonchev–Trinajstić information content (AvgIpc) is 2.84. The molecule has 2 heterocycles. The van der Waals surface area contributed by atoms with Gasteiger partial charge in [0.05, 0.1) is 12.6 Å². The van der Waals surface area contributed by atoms with Gasteiger partial charge >= 0.3 is 0 Å². The van der Waals surface area contributed by atoms with E-state index in [9.17, 15) is 4.79 Å². The predicted octanol–water partition coefficient (Wildman–Crippen LogP) is 1.95. The van der Waals surface area contributed by atoms with Crippen LogP contribution in [0.2, 0.25) is 0 Å². The van der Waals surface area contributed by atoms with Crippen molar-refractivity contribution in [2.45, 2.75) is 18.9 Å². The molecule has 0 bridgehead atoms. The van der Waals surface area contributed by atoms with E-state index in [1.165, 1.54) is 11.3 Å². The van der Waals surface area contributed by atoms with Crippen molar-refractivity contribution in [3.63, 3.8) is 0 Å². The molecule has 0 saturated carbocycles. The van der Waals surface area contributed by atoms with Gasteiger partial charge in [0, 0.05) is 10.1 Å². The van der Waals surface area contributed by atoms with Crippen LogP contribution in [0.1, 0.15) is 22.5 Å². The molecule has 1 amide bonds. The van der Waals surface area contributed by atoms with E-state index < -0.39 is 0 Å². The Morgan fingerprint density at radius 1 is 1.73 bits per heavy atom. The minimum Gasteiger partial charge on any atom is -0.394 e. The van der Waals surface area contributed by atoms with E-state index in [2.05, 4.69) is 22.6 Å². The number of carbonyl (C=O) groups excluding carboxylic acids is 1. The van der Waals surface area contributed by atoms with Crippen LogP contribution < -0.4 is 0 Å². The van der Waals surface area contributed by atoms with Crippen molar-refractivity contribution in [2.75, 3.05) is 13.2 Å². The van der Waals surface area contributed by atoms with Gasteiger partial charge in [-0.05, 0) is 46.9 Å². The normalized spacial score (nSPS) is 20.9. The Morgan fingerprint density at radius 3 is 3.13 bits per heavy atom. The second-order valence-electron chi connectivity index (χ2n) is 3.57. The number of aliphatic hydroxyl groups excluding tert-OH is 1. The molecule has 0 aromatic carbocycles. The van der Waals surface area contributed by atoms with Crippen LogP contribution >= 0.6 is 33.9 Å². The number of hydrogen-bond donors (Lipinski definition) is 1. The molecule has 0 radical (unpaired) electrons. The quantitative estimate of drug-likeness (QED) is 0.838. The maximum Gasteiger partial charge on any atom is 0.265 e. The predicted molar refractivity (Wildman–Crippen MR) is 68.2 cm³/mol. The Balaban J connectivity index is 2.18. The molecule has 1 aromatic rings. The van der Waals surface area contributed by atoms with Crippen molar-refractivity contribution in [3.05, 3.63) is 19.9 Å². The Bertz CT molecular complexity index is 366. The van der Waals surface area contributed by atoms with Gasteiger partial charge in [-0.1, -0.05) is 0 Å². The first-order chi connectivity index (χ1) is 7.24. The number of thiophene rings is 1. The number of rotatable bonds is 2. The van der Waals surface area contributed by atoms with Gasteiger partial charge in [0.15, 0.2) is 0 Å². The van der Waals surface area contributed by atoms with E-state index in [-0.39, 0.29) is 18.6 Å². The average molecular weight is 337 g/mol. The summed E-state index contributed by atoms with van der Waals surface area (Å²) in [6.07, 6.45) is 1.92. The lowest BCUT2D eigenvalue weighted by Crippen LogP contribution is -2.37. The van der Waals surface area contributed by atoms with Gasteiger partial charge in [0.1, 0.15) is 4.88 Å². The Kier molecular flexibility index (Phi) is 3.63. The second kappa shape index (κ2) is 4.80. The van der Waals surface area contributed by atoms with Gasteiger partial charge in [-0.15, -0.1) is 11.3 Å². The summed E-state index contributed by atoms with van der Waals surface area (Å²) in [5.74, 6) is 0.0750. The van der Waals surface area contributed by atoms with E-state index in [1.54, 1.807) is 4.90 Å². The highest BCUT2D eigenvalue weighted by Crippen LogP contribution is 2.25. The molecule has 1 fully saturated rings. The summed E-state index contributed by atoms with van der Waals surface area (Å²) < 4.78 is 1.01. The maximum atomic E-state index is 12.1. The molecule has 1 aromatic heterocycles. The Morgan fingerprint density at radius 2 is 2.53 bits per heavy atom. The van der Waals surface area contributed by atoms with Crippen LogP contribution in [0.5, 0.6) is 0 Å². The molecule has 1 unspecified atom stereocenters. The number of carbonyl (C=O) groups is 1. The third-order valence-electron chi connectivity index (χ3n) is 2.66. The lowest BCUT2D eigenvalue weighted by molar-refractivity contribution is 0.0681. The maximum absolute atomic E-state index is 12.1. The van der Waals surface area contributed by atoms with Crippen LogP contribution in [-0.2, 0) is 0 Å². The van der Waals surface area contributed by atoms with E-state index in [1.807, 2.05) is 11.4 Å². The summed E-state index contributed by atoms with van der Waals surface area (Å²) in [5.41, 5.74) is 0. The Hall–Kier alpha value is -0.140. The summed E-state index contributed by atoms with van der Waals surface area (Å²) in [4.78, 5) is 14.7.